The van der Waals surface area contributed by atoms with Gasteiger partial charge in [0.2, 0.25) is 5.79 Å². The highest BCUT2D eigenvalue weighted by molar-refractivity contribution is 5.73. The van der Waals surface area contributed by atoms with E-state index in [4.69, 9.17) is 9.84 Å². The van der Waals surface area contributed by atoms with Crippen molar-refractivity contribution in [1.82, 2.24) is 5.32 Å². The Labute approximate surface area is 220 Å². The molecule has 10 nitrogen and oxygen atoms in total. The summed E-state index contributed by atoms with van der Waals surface area (Å²) in [5, 5.41) is 71.6. The molecule has 1 aliphatic carbocycles. The summed E-state index contributed by atoms with van der Waals surface area (Å²) in [5.41, 5.74) is 3.47. The van der Waals surface area contributed by atoms with E-state index in [1.807, 2.05) is 12.1 Å². The number of hydrogen-bond donors (Lipinski definition) is 7. The van der Waals surface area contributed by atoms with Crippen LogP contribution in [-0.2, 0) is 21.7 Å². The monoisotopic (exact) mass is 526 g/mol. The van der Waals surface area contributed by atoms with Gasteiger partial charge in [0.15, 0.2) is 0 Å². The molecule has 3 aliphatic rings. The minimum atomic E-state index is -2.34. The molecule has 204 valence electrons. The van der Waals surface area contributed by atoms with Crippen LogP contribution in [0.1, 0.15) is 59.4 Å². The van der Waals surface area contributed by atoms with Crippen molar-refractivity contribution in [2.45, 2.75) is 74.3 Å². The number of hydrogen-bond acceptors (Lipinski definition) is 9. The zero-order valence-corrected chi connectivity index (χ0v) is 20.9. The summed E-state index contributed by atoms with van der Waals surface area (Å²) in [4.78, 5) is 10.1. The van der Waals surface area contributed by atoms with Gasteiger partial charge in [-0.1, -0.05) is 30.3 Å². The van der Waals surface area contributed by atoms with Gasteiger partial charge in [-0.05, 0) is 73.4 Å². The van der Waals surface area contributed by atoms with Gasteiger partial charge >= 0.3 is 5.97 Å². The quantitative estimate of drug-likeness (QED) is 0.279. The minimum absolute atomic E-state index is 0.128. The number of nitriles is 1. The van der Waals surface area contributed by atoms with Gasteiger partial charge in [0, 0.05) is 5.56 Å². The number of carbonyl (C=O) groups is 1. The van der Waals surface area contributed by atoms with E-state index in [2.05, 4.69) is 23.5 Å². The molecule has 7 N–H and O–H groups in total. The molecule has 2 aromatic carbocycles. The molecule has 38 heavy (non-hydrogen) atoms. The molecule has 3 fully saturated rings. The van der Waals surface area contributed by atoms with Crippen LogP contribution in [-0.4, -0.2) is 80.2 Å². The van der Waals surface area contributed by atoms with Gasteiger partial charge in [-0.15, -0.1) is 0 Å². The van der Waals surface area contributed by atoms with Crippen molar-refractivity contribution in [2.24, 2.45) is 0 Å². The van der Waals surface area contributed by atoms with E-state index in [0.29, 0.717) is 23.5 Å². The summed E-state index contributed by atoms with van der Waals surface area (Å²) in [7, 11) is 0. The summed E-state index contributed by atoms with van der Waals surface area (Å²) in [5.74, 6) is -2.41. The lowest BCUT2D eigenvalue weighted by Gasteiger charge is -2.45. The van der Waals surface area contributed by atoms with Crippen LogP contribution in [0.15, 0.2) is 42.5 Å². The van der Waals surface area contributed by atoms with Crippen molar-refractivity contribution in [3.05, 3.63) is 70.3 Å². The van der Waals surface area contributed by atoms with Crippen LogP contribution in [0.4, 0.5) is 0 Å². The van der Waals surface area contributed by atoms with Crippen LogP contribution in [0.3, 0.4) is 0 Å². The molecule has 2 aromatic rings. The highest BCUT2D eigenvalue weighted by Crippen LogP contribution is 2.40. The first kappa shape index (κ1) is 28.1. The smallest absolute Gasteiger partial charge is 0.320 e. The second-order valence-electron chi connectivity index (χ2n) is 10.1. The molecule has 0 radical (unpaired) electrons. The number of ether oxygens (including phenoxy) is 1. The topological polar surface area (TPSA) is 184 Å². The van der Waals surface area contributed by atoms with Crippen LogP contribution >= 0.6 is 0 Å². The van der Waals surface area contributed by atoms with Crippen molar-refractivity contribution in [3.8, 4) is 6.07 Å². The van der Waals surface area contributed by atoms with Crippen LogP contribution in [0.5, 0.6) is 0 Å². The van der Waals surface area contributed by atoms with Gasteiger partial charge in [0.1, 0.15) is 30.5 Å². The third kappa shape index (κ3) is 6.06. The van der Waals surface area contributed by atoms with Gasteiger partial charge in [-0.25, -0.2) is 0 Å². The van der Waals surface area contributed by atoms with Crippen LogP contribution in [0, 0.1) is 11.3 Å². The lowest BCUT2D eigenvalue weighted by molar-refractivity contribution is -0.357. The Morgan fingerprint density at radius 2 is 1.79 bits per heavy atom. The Bertz CT molecular complexity index is 1150. The molecule has 0 unspecified atom stereocenters. The number of benzene rings is 2. The van der Waals surface area contributed by atoms with Crippen LogP contribution in [0.2, 0.25) is 0 Å². The van der Waals surface area contributed by atoms with Gasteiger partial charge in [0.05, 0.1) is 18.2 Å². The minimum Gasteiger partial charge on any atom is -0.480 e. The number of nitrogens with zero attached hydrogens (tertiary/aromatic N) is 1. The maximum Gasteiger partial charge on any atom is 0.320 e. The van der Waals surface area contributed by atoms with Crippen molar-refractivity contribution in [2.75, 3.05) is 13.2 Å². The first-order valence-electron chi connectivity index (χ1n) is 12.8. The van der Waals surface area contributed by atoms with E-state index in [0.717, 1.165) is 24.9 Å². The molecular formula is C28H34N2O8. The Kier molecular flexibility index (Phi) is 8.80. The molecule has 10 heteroatoms. The van der Waals surface area contributed by atoms with Crippen molar-refractivity contribution >= 4 is 5.97 Å². The standard InChI is InChI=1S/C23H25NO6.C5H9NO2/c24-11-16-7-8-18(23(29)22(28)21(27)20(26)19(12-25)30-23)10-17(16)9-13-1-3-14(4-2-13)15-5-6-15;7-5(8)4-2-1-3-6-4/h1-4,7-8,10,15,19-22,25-29H,5-6,9,12H2;4,6H,1-3H2,(H,7,8)/t19-,20-,21+,22-,23-;4-/m10/s1. The molecule has 2 heterocycles. The van der Waals surface area contributed by atoms with Crippen LogP contribution < -0.4 is 5.32 Å². The van der Waals surface area contributed by atoms with Gasteiger partial charge in [-0.3, -0.25) is 4.79 Å². The number of aliphatic hydroxyl groups is 5. The van der Waals surface area contributed by atoms with Gasteiger partial charge in [0.25, 0.3) is 0 Å². The molecule has 2 saturated heterocycles. The van der Waals surface area contributed by atoms with Crippen LogP contribution in [0.25, 0.3) is 0 Å². The van der Waals surface area contributed by atoms with E-state index in [-0.39, 0.29) is 11.6 Å². The fraction of sp³-hybridized carbons (Fsp3) is 0.500. The Hall–Kier alpha value is -2.88. The van der Waals surface area contributed by atoms with E-state index in [9.17, 15) is 35.6 Å². The summed E-state index contributed by atoms with van der Waals surface area (Å²) in [6.07, 6.45) is -1.72. The fourth-order valence-corrected chi connectivity index (χ4v) is 4.90. The molecule has 1 saturated carbocycles. The Morgan fingerprint density at radius 3 is 2.32 bits per heavy atom. The molecule has 0 amide bonds. The average Bonchev–Trinajstić information content (AvgIpc) is 3.62. The molecule has 0 spiro atoms. The molecule has 6 atom stereocenters. The van der Waals surface area contributed by atoms with E-state index in [1.165, 1.54) is 30.5 Å². The first-order chi connectivity index (χ1) is 18.2. The molecule has 0 bridgehead atoms. The predicted octanol–water partition coefficient (Wildman–Crippen LogP) is 0.468. The summed E-state index contributed by atoms with van der Waals surface area (Å²) in [6.45, 7) is 0.209. The lowest BCUT2D eigenvalue weighted by Crippen LogP contribution is -2.63. The number of aliphatic carboxylic acids is 1. The second kappa shape index (κ2) is 11.9. The van der Waals surface area contributed by atoms with Gasteiger partial charge < -0.3 is 40.7 Å². The lowest BCUT2D eigenvalue weighted by atomic mass is 9.86. The van der Waals surface area contributed by atoms with Crippen molar-refractivity contribution in [3.63, 3.8) is 0 Å². The summed E-state index contributed by atoms with van der Waals surface area (Å²) >= 11 is 0. The number of carboxylic acid groups (broad SMARTS) is 1. The zero-order chi connectivity index (χ0) is 27.4. The number of carboxylic acids is 1. The first-order valence-corrected chi connectivity index (χ1v) is 12.8. The zero-order valence-electron chi connectivity index (χ0n) is 20.9. The highest BCUT2D eigenvalue weighted by Gasteiger charge is 2.53. The predicted molar refractivity (Wildman–Crippen MR) is 135 cm³/mol. The molecule has 2 aliphatic heterocycles. The Morgan fingerprint density at radius 1 is 1.08 bits per heavy atom. The van der Waals surface area contributed by atoms with E-state index >= 15 is 0 Å². The molecule has 0 aromatic heterocycles. The van der Waals surface area contributed by atoms with E-state index in [1.54, 1.807) is 6.07 Å². The third-order valence-electron chi connectivity index (χ3n) is 7.39. The fourth-order valence-electron chi connectivity index (χ4n) is 4.90. The van der Waals surface area contributed by atoms with Gasteiger partial charge in [-0.2, -0.15) is 5.26 Å². The Balaban J connectivity index is 0.000000360. The highest BCUT2D eigenvalue weighted by atomic mass is 16.7. The summed E-state index contributed by atoms with van der Waals surface area (Å²) in [6, 6.07) is 14.6. The second-order valence-corrected chi connectivity index (χ2v) is 10.1. The normalized spacial score (nSPS) is 30.7. The summed E-state index contributed by atoms with van der Waals surface area (Å²) < 4.78 is 5.39. The molecular weight excluding hydrogens is 492 g/mol. The third-order valence-corrected chi connectivity index (χ3v) is 7.39. The molecule has 5 rings (SSSR count). The maximum atomic E-state index is 11.0. The number of nitrogens with one attached hydrogen (secondary N) is 1. The van der Waals surface area contributed by atoms with Crippen molar-refractivity contribution in [1.29, 1.82) is 5.26 Å². The maximum absolute atomic E-state index is 11.0. The largest absolute Gasteiger partial charge is 0.480 e. The number of aliphatic hydroxyl groups excluding tert-OH is 4. The SMILES string of the molecule is N#Cc1ccc([C@@]2(O)O[C@H](CO)[C@@H](O)[C@H](O)[C@H]2O)cc1Cc1ccc(C2CC2)cc1.O=C(O)[C@@H]1CCCN1. The average molecular weight is 527 g/mol. The van der Waals surface area contributed by atoms with E-state index < -0.39 is 42.8 Å². The number of rotatable bonds is 6. The van der Waals surface area contributed by atoms with Crippen molar-refractivity contribution < 1.29 is 40.2 Å².